The number of ketones is 3. The summed E-state index contributed by atoms with van der Waals surface area (Å²) in [7, 11) is -13.6. The molecule has 636 valence electrons. The van der Waals surface area contributed by atoms with Gasteiger partial charge in [0, 0.05) is 58.2 Å². The number of para-hydroxylation sites is 6. The number of methoxy groups -OCH3 is 1. The Kier molecular flexibility index (Phi) is 33.7. The van der Waals surface area contributed by atoms with E-state index in [0.29, 0.717) is 55.9 Å². The first-order chi connectivity index (χ1) is 58.5. The molecule has 12 aromatic carbocycles. The zero-order valence-corrected chi connectivity index (χ0v) is 73.6. The molecule has 123 heavy (non-hydrogen) atoms. The first-order valence-corrected chi connectivity index (χ1v) is 46.9. The second-order valence-corrected chi connectivity index (χ2v) is 37.5. The monoisotopic (exact) mass is 1790 g/mol. The number of sulfonamides is 4. The zero-order valence-electron chi connectivity index (χ0n) is 67.9. The highest BCUT2D eigenvalue weighted by molar-refractivity contribution is 7.99. The number of hydrogen-bond acceptors (Lipinski definition) is 19. The van der Waals surface area contributed by atoms with Crippen LogP contribution in [0.5, 0.6) is 5.75 Å². The number of carbonyl (C=O) groups excluding carboxylic acids is 7. The van der Waals surface area contributed by atoms with Gasteiger partial charge in [0.1, 0.15) is 31.9 Å². The topological polar surface area (TPSA) is 338 Å². The van der Waals surface area contributed by atoms with Crippen LogP contribution in [0.2, 0.25) is 5.02 Å². The lowest BCUT2D eigenvalue weighted by Gasteiger charge is -2.24. The van der Waals surface area contributed by atoms with Crippen molar-refractivity contribution in [1.29, 1.82) is 0 Å². The number of hydrogen-bond donors (Lipinski definition) is 5. The Morgan fingerprint density at radius 3 is 1.03 bits per heavy atom. The Labute approximate surface area is 730 Å². The minimum atomic E-state index is -3.78. The van der Waals surface area contributed by atoms with Crippen LogP contribution in [0.15, 0.2) is 329 Å². The van der Waals surface area contributed by atoms with E-state index in [0.717, 1.165) is 78.6 Å². The number of carbonyl (C=O) groups is 7. The summed E-state index contributed by atoms with van der Waals surface area (Å²) in [5.74, 6) is -2.26. The third kappa shape index (κ3) is 28.9. The standard InChI is InChI=1S/C23H23N3O4S.C23H22N2O4S2.C23H22N2O4S.C22H21ClN2O4S2/c1-17(27)18-9-8-12-20(15-18)26(31(2,29)30)16-23(28)25-22-14-7-6-13-21(22)24-19-10-4-3-5-11-19;1-17(26)18-9-8-10-19(15-18)25(31(2,28)29)16-23(27)24-21-13-6-7-14-22(21)30-20-11-4-3-5-12-20;1-17(26)19-11-8-12-20(15-19)25(30(2,28)29)16-23(27)24-22-14-7-6-13-21(22)18-9-4-3-5-10-18;1-29-20-13-12-16(23)14-19(20)25(31(2,27)28)15-22(26)24-18-10-6-7-11-21(18)30-17-8-4-3-5-9-17/h3-15,24H,16H2,1-2H3,(H,25,28);3-15H,16H2,1-2H3,(H,24,27);3-15H,16H2,1-2H3,(H,24,27);3-14H,15H2,1-2H3,(H,24,26). The molecule has 0 saturated carbocycles. The summed E-state index contributed by atoms with van der Waals surface area (Å²) in [6.45, 7) is 2.51. The second kappa shape index (κ2) is 44.1. The summed E-state index contributed by atoms with van der Waals surface area (Å²) >= 11 is 9.05. The lowest BCUT2D eigenvalue weighted by molar-refractivity contribution is -0.115. The van der Waals surface area contributed by atoms with Gasteiger partial charge in [0.2, 0.25) is 63.7 Å². The van der Waals surface area contributed by atoms with E-state index in [1.807, 2.05) is 170 Å². The maximum absolute atomic E-state index is 12.8. The van der Waals surface area contributed by atoms with Crippen molar-refractivity contribution in [3.05, 3.63) is 331 Å². The fourth-order valence-electron chi connectivity index (χ4n) is 11.7. The van der Waals surface area contributed by atoms with Crippen molar-refractivity contribution >= 4 is 173 Å². The van der Waals surface area contributed by atoms with Crippen LogP contribution in [-0.2, 0) is 59.3 Å². The highest BCUT2D eigenvalue weighted by atomic mass is 35.5. The summed E-state index contributed by atoms with van der Waals surface area (Å²) in [5, 5.41) is 14.8. The Morgan fingerprint density at radius 2 is 0.650 bits per heavy atom. The van der Waals surface area contributed by atoms with Crippen LogP contribution in [0.4, 0.5) is 56.9 Å². The van der Waals surface area contributed by atoms with E-state index < -0.39 is 89.9 Å². The molecular formula is C91H88ClN9O16S6. The number of amides is 4. The molecular weight excluding hydrogens is 1700 g/mol. The van der Waals surface area contributed by atoms with Crippen molar-refractivity contribution in [3.63, 3.8) is 0 Å². The van der Waals surface area contributed by atoms with Gasteiger partial charge in [0.05, 0.1) is 77.6 Å². The van der Waals surface area contributed by atoms with Gasteiger partial charge in [-0.2, -0.15) is 0 Å². The van der Waals surface area contributed by atoms with Gasteiger partial charge >= 0.3 is 0 Å². The van der Waals surface area contributed by atoms with Crippen molar-refractivity contribution in [2.75, 3.05) is 102 Å². The molecule has 0 heterocycles. The fourth-order valence-corrected chi connectivity index (χ4v) is 17.2. The minimum absolute atomic E-state index is 0.188. The highest BCUT2D eigenvalue weighted by Gasteiger charge is 2.28. The van der Waals surface area contributed by atoms with Gasteiger partial charge < -0.3 is 31.3 Å². The third-order valence-electron chi connectivity index (χ3n) is 17.6. The summed E-state index contributed by atoms with van der Waals surface area (Å²) in [5.41, 5.74) is 7.64. The van der Waals surface area contributed by atoms with Crippen molar-refractivity contribution in [2.45, 2.75) is 40.4 Å². The minimum Gasteiger partial charge on any atom is -0.495 e. The van der Waals surface area contributed by atoms with Crippen molar-refractivity contribution in [2.24, 2.45) is 0 Å². The maximum Gasteiger partial charge on any atom is 0.245 e. The van der Waals surface area contributed by atoms with Gasteiger partial charge in [-0.3, -0.25) is 50.8 Å². The largest absolute Gasteiger partial charge is 0.495 e. The van der Waals surface area contributed by atoms with Crippen LogP contribution >= 0.6 is 35.1 Å². The Bertz CT molecular complexity index is 6060. The zero-order chi connectivity index (χ0) is 89.0. The number of nitrogens with zero attached hydrogens (tertiary/aromatic N) is 4. The van der Waals surface area contributed by atoms with E-state index in [1.54, 1.807) is 115 Å². The quantitative estimate of drug-likeness (QED) is 0.0252. The maximum atomic E-state index is 12.8. The molecule has 32 heteroatoms. The number of nitrogens with one attached hydrogen (secondary N) is 5. The molecule has 0 atom stereocenters. The van der Waals surface area contributed by atoms with E-state index in [4.69, 9.17) is 16.3 Å². The number of ether oxygens (including phenoxy) is 1. The van der Waals surface area contributed by atoms with Gasteiger partial charge in [-0.25, -0.2) is 33.7 Å². The second-order valence-electron chi connectivity index (χ2n) is 27.2. The average molecular weight is 1790 g/mol. The molecule has 12 aromatic rings. The molecule has 0 aliphatic rings. The van der Waals surface area contributed by atoms with Gasteiger partial charge in [-0.1, -0.05) is 211 Å². The fraction of sp³-hybridized carbons (Fsp3) is 0.132. The normalized spacial score (nSPS) is 11.0. The average Bonchev–Trinajstić information content (AvgIpc) is 0.818. The molecule has 0 aliphatic carbocycles. The first-order valence-electron chi connectivity index (χ1n) is 37.5. The van der Waals surface area contributed by atoms with Crippen LogP contribution < -0.4 is 48.5 Å². The number of halogens is 1. The molecule has 0 saturated heterocycles. The predicted molar refractivity (Wildman–Crippen MR) is 493 cm³/mol. The molecule has 0 spiro atoms. The summed E-state index contributed by atoms with van der Waals surface area (Å²) in [6, 6.07) is 90.9. The van der Waals surface area contributed by atoms with Gasteiger partial charge in [0.25, 0.3) is 0 Å². The number of anilines is 10. The molecule has 12 rings (SSSR count). The van der Waals surface area contributed by atoms with Gasteiger partial charge in [-0.15, -0.1) is 0 Å². The van der Waals surface area contributed by atoms with Crippen LogP contribution in [0.1, 0.15) is 51.8 Å². The van der Waals surface area contributed by atoms with E-state index in [1.165, 1.54) is 75.7 Å². The van der Waals surface area contributed by atoms with Crippen LogP contribution in [0, 0.1) is 0 Å². The van der Waals surface area contributed by atoms with Crippen LogP contribution in [0.3, 0.4) is 0 Å². The summed E-state index contributed by atoms with van der Waals surface area (Å²) in [6.07, 6.45) is 4.10. The van der Waals surface area contributed by atoms with E-state index in [-0.39, 0.29) is 40.1 Å². The number of rotatable bonds is 31. The molecule has 0 aliphatic heterocycles. The van der Waals surface area contributed by atoms with Crippen molar-refractivity contribution < 1.29 is 72.0 Å². The molecule has 4 amide bonds. The van der Waals surface area contributed by atoms with E-state index in [2.05, 4.69) is 26.6 Å². The Balaban J connectivity index is 0.000000186. The molecule has 0 aromatic heterocycles. The van der Waals surface area contributed by atoms with E-state index >= 15 is 0 Å². The Hall–Kier alpha value is -12.9. The molecule has 5 N–H and O–H groups in total. The highest BCUT2D eigenvalue weighted by Crippen LogP contribution is 2.38. The molecule has 0 bridgehead atoms. The predicted octanol–water partition coefficient (Wildman–Crippen LogP) is 17.3. The number of benzene rings is 12. The number of Topliss-reactive ketones (excluding diaryl/α,β-unsaturated/α-hetero) is 3. The summed E-state index contributed by atoms with van der Waals surface area (Å²) in [4.78, 5) is 89.8. The molecule has 25 nitrogen and oxygen atoms in total. The molecule has 0 unspecified atom stereocenters. The molecule has 0 fully saturated rings. The lowest BCUT2D eigenvalue weighted by Crippen LogP contribution is -2.37. The van der Waals surface area contributed by atoms with Crippen molar-refractivity contribution in [3.8, 4) is 16.9 Å². The van der Waals surface area contributed by atoms with Crippen LogP contribution in [0.25, 0.3) is 11.1 Å². The van der Waals surface area contributed by atoms with Crippen molar-refractivity contribution in [1.82, 2.24) is 0 Å². The first kappa shape index (κ1) is 94.0. The smallest absolute Gasteiger partial charge is 0.245 e. The van der Waals surface area contributed by atoms with Crippen LogP contribution in [-0.4, -0.2) is 133 Å². The van der Waals surface area contributed by atoms with E-state index in [9.17, 15) is 67.2 Å². The summed E-state index contributed by atoms with van der Waals surface area (Å²) < 4.78 is 108. The Morgan fingerprint density at radius 1 is 0.333 bits per heavy atom. The van der Waals surface area contributed by atoms with Gasteiger partial charge in [0.15, 0.2) is 17.3 Å². The van der Waals surface area contributed by atoms with Gasteiger partial charge in [-0.05, 0) is 160 Å². The lowest BCUT2D eigenvalue weighted by atomic mass is 10.0. The third-order valence-corrected chi connectivity index (χ3v) is 24.5. The SMILES string of the molecule is CC(=O)c1cccc(N(CC(=O)Nc2ccccc2-c2ccccc2)S(C)(=O)=O)c1.CC(=O)c1cccc(N(CC(=O)Nc2ccccc2Nc2ccccc2)S(C)(=O)=O)c1.CC(=O)c1cccc(N(CC(=O)Nc2ccccc2Sc2ccccc2)S(C)(=O)=O)c1.COc1ccc(Cl)cc1N(CC(=O)Nc1ccccc1Sc1ccccc1)S(C)(=O)=O. The molecule has 0 radical (unpaired) electrons.